The van der Waals surface area contributed by atoms with E-state index in [0.29, 0.717) is 0 Å². The summed E-state index contributed by atoms with van der Waals surface area (Å²) in [5.74, 6) is -8.13. The van der Waals surface area contributed by atoms with Crippen LogP contribution in [0.2, 0.25) is 0 Å². The Bertz CT molecular complexity index is 519. The maximum atomic E-state index is 11.4. The zero-order valence-corrected chi connectivity index (χ0v) is 11.8. The Balaban J connectivity index is 0. The second-order valence-corrected chi connectivity index (χ2v) is 4.86. The van der Waals surface area contributed by atoms with Gasteiger partial charge in [-0.1, -0.05) is 0 Å². The van der Waals surface area contributed by atoms with Gasteiger partial charge in [0, 0.05) is 9.85 Å². The van der Waals surface area contributed by atoms with Gasteiger partial charge in [0.15, 0.2) is 0 Å². The molecular weight excluding hydrogens is 363 g/mol. The topological polar surface area (TPSA) is 235 Å². The van der Waals surface area contributed by atoms with Crippen molar-refractivity contribution < 1.29 is 49.5 Å². The average molecular weight is 376 g/mol. The van der Waals surface area contributed by atoms with Crippen molar-refractivity contribution in [3.63, 3.8) is 0 Å². The van der Waals surface area contributed by atoms with E-state index >= 15 is 0 Å². The fourth-order valence-electron chi connectivity index (χ4n) is 2.38. The van der Waals surface area contributed by atoms with Gasteiger partial charge in [-0.3, -0.25) is 39.4 Å². The molecule has 14 nitrogen and oxygen atoms in total. The molecule has 0 fully saturated rings. The molecule has 0 saturated heterocycles. The van der Waals surface area contributed by atoms with Gasteiger partial charge in [0.05, 0.1) is 0 Å². The van der Waals surface area contributed by atoms with Crippen LogP contribution in [-0.2, 0) is 19.2 Å². The van der Waals surface area contributed by atoms with E-state index in [4.69, 9.17) is 20.4 Å². The van der Waals surface area contributed by atoms with E-state index in [2.05, 4.69) is 0 Å². The van der Waals surface area contributed by atoms with Gasteiger partial charge in [-0.05, 0) is 0 Å². The van der Waals surface area contributed by atoms with E-state index in [1.54, 1.807) is 0 Å². The SMILES string of the molecule is O=C(O)CC(CC(=O)O)([N+](=O)[O-])C(CC(=O)O)(CC(=O)O)[N+](=O)[O-].[NaH]. The molecular formula is C10H13N2NaO12. The number of nitro groups is 2. The standard InChI is InChI=1S/C10H12N2O12.Na.H/c13-5(14)1-9(11(21)22,2-6(15)16)10(12(23)24,3-7(17)18)4-8(19)20;;/h1-4H2,(H,13,14)(H,15,16)(H,17,18)(H,19,20);;. The van der Waals surface area contributed by atoms with Crippen LogP contribution in [0.1, 0.15) is 25.7 Å². The molecule has 25 heavy (non-hydrogen) atoms. The van der Waals surface area contributed by atoms with Crippen molar-refractivity contribution in [2.45, 2.75) is 36.8 Å². The van der Waals surface area contributed by atoms with Crippen molar-refractivity contribution in [1.82, 2.24) is 0 Å². The fraction of sp³-hybridized carbons (Fsp3) is 0.600. The molecule has 0 aliphatic heterocycles. The number of carbonyl (C=O) groups is 4. The van der Waals surface area contributed by atoms with Crippen LogP contribution < -0.4 is 0 Å². The Morgan fingerprint density at radius 1 is 0.640 bits per heavy atom. The Morgan fingerprint density at radius 2 is 0.800 bits per heavy atom. The van der Waals surface area contributed by atoms with Crippen LogP contribution in [0, 0.1) is 20.2 Å². The van der Waals surface area contributed by atoms with Gasteiger partial charge in [-0.2, -0.15) is 0 Å². The molecule has 0 aromatic carbocycles. The summed E-state index contributed by atoms with van der Waals surface area (Å²) in [6.45, 7) is 0. The summed E-state index contributed by atoms with van der Waals surface area (Å²) in [6, 6.07) is 0. The summed E-state index contributed by atoms with van der Waals surface area (Å²) < 4.78 is 0. The molecule has 0 unspecified atom stereocenters. The zero-order chi connectivity index (χ0) is 19.3. The number of nitrogens with zero attached hydrogens (tertiary/aromatic N) is 2. The molecule has 0 aliphatic rings. The first-order chi connectivity index (χ1) is 10.8. The number of hydrogen-bond donors (Lipinski definition) is 4. The van der Waals surface area contributed by atoms with Crippen LogP contribution in [0.3, 0.4) is 0 Å². The molecule has 136 valence electrons. The van der Waals surface area contributed by atoms with Crippen molar-refractivity contribution in [1.29, 1.82) is 0 Å². The first-order valence-corrected chi connectivity index (χ1v) is 5.97. The second kappa shape index (κ2) is 9.24. The second-order valence-electron chi connectivity index (χ2n) is 4.86. The van der Waals surface area contributed by atoms with Gasteiger partial charge >= 0.3 is 64.5 Å². The van der Waals surface area contributed by atoms with E-state index in [1.165, 1.54) is 0 Å². The normalized spacial score (nSPS) is 11.0. The van der Waals surface area contributed by atoms with Gasteiger partial charge in [-0.15, -0.1) is 0 Å². The predicted molar refractivity (Wildman–Crippen MR) is 75.6 cm³/mol. The summed E-state index contributed by atoms with van der Waals surface area (Å²) in [5, 5.41) is 58.0. The monoisotopic (exact) mass is 376 g/mol. The molecule has 0 saturated carbocycles. The van der Waals surface area contributed by atoms with Crippen LogP contribution in [-0.4, -0.2) is 94.8 Å². The van der Waals surface area contributed by atoms with Crippen LogP contribution in [0.4, 0.5) is 0 Å². The molecule has 0 bridgehead atoms. The maximum absolute atomic E-state index is 11.4. The molecule has 15 heteroatoms. The van der Waals surface area contributed by atoms with Crippen molar-refractivity contribution in [3.8, 4) is 0 Å². The van der Waals surface area contributed by atoms with E-state index in [9.17, 15) is 39.4 Å². The Morgan fingerprint density at radius 3 is 0.880 bits per heavy atom. The van der Waals surface area contributed by atoms with Crippen molar-refractivity contribution in [2.24, 2.45) is 0 Å². The molecule has 0 aliphatic carbocycles. The number of carboxylic acid groups (broad SMARTS) is 4. The molecule has 4 N–H and O–H groups in total. The zero-order valence-electron chi connectivity index (χ0n) is 11.8. The van der Waals surface area contributed by atoms with Crippen LogP contribution in [0.25, 0.3) is 0 Å². The van der Waals surface area contributed by atoms with Crippen molar-refractivity contribution >= 4 is 53.4 Å². The van der Waals surface area contributed by atoms with Gasteiger partial charge < -0.3 is 20.4 Å². The van der Waals surface area contributed by atoms with E-state index in [-0.39, 0.29) is 29.6 Å². The summed E-state index contributed by atoms with van der Waals surface area (Å²) in [5.41, 5.74) is -6.99. The molecule has 0 aromatic rings. The molecule has 0 spiro atoms. The van der Waals surface area contributed by atoms with Crippen LogP contribution >= 0.6 is 0 Å². The minimum atomic E-state index is -3.50. The fourth-order valence-corrected chi connectivity index (χ4v) is 2.38. The average Bonchev–Trinajstić information content (AvgIpc) is 2.33. The molecule has 0 rings (SSSR count). The van der Waals surface area contributed by atoms with Gasteiger partial charge in [0.1, 0.15) is 25.7 Å². The van der Waals surface area contributed by atoms with E-state index in [0.717, 1.165) is 0 Å². The summed E-state index contributed by atoms with van der Waals surface area (Å²) in [6.07, 6.45) is -7.02. The Labute approximate surface area is 160 Å². The summed E-state index contributed by atoms with van der Waals surface area (Å²) in [4.78, 5) is 63.3. The van der Waals surface area contributed by atoms with Gasteiger partial charge in [0.2, 0.25) is 0 Å². The van der Waals surface area contributed by atoms with Crippen molar-refractivity contribution in [3.05, 3.63) is 20.2 Å². The summed E-state index contributed by atoms with van der Waals surface area (Å²) >= 11 is 0. The third kappa shape index (κ3) is 5.61. The van der Waals surface area contributed by atoms with Crippen LogP contribution in [0.15, 0.2) is 0 Å². The molecule has 0 atom stereocenters. The quantitative estimate of drug-likeness (QED) is 0.179. The third-order valence-electron chi connectivity index (χ3n) is 3.34. The molecule has 0 heterocycles. The predicted octanol–water partition coefficient (Wildman–Crippen LogP) is -1.73. The first kappa shape index (κ1) is 24.9. The third-order valence-corrected chi connectivity index (χ3v) is 3.34. The minimum absolute atomic E-state index is 0. The Kier molecular flexibility index (Phi) is 9.21. The molecule has 0 aromatic heterocycles. The van der Waals surface area contributed by atoms with Gasteiger partial charge in [-0.25, -0.2) is 0 Å². The van der Waals surface area contributed by atoms with E-state index in [1.807, 2.05) is 0 Å². The van der Waals surface area contributed by atoms with Gasteiger partial charge in [0.25, 0.3) is 0 Å². The number of hydrogen-bond acceptors (Lipinski definition) is 8. The molecule has 0 radical (unpaired) electrons. The number of carboxylic acids is 4. The number of rotatable bonds is 11. The van der Waals surface area contributed by atoms with Crippen molar-refractivity contribution in [2.75, 3.05) is 0 Å². The Hall–Kier alpha value is -2.32. The molecule has 0 amide bonds. The van der Waals surface area contributed by atoms with E-state index < -0.39 is 70.5 Å². The first-order valence-electron chi connectivity index (χ1n) is 5.97. The summed E-state index contributed by atoms with van der Waals surface area (Å²) in [7, 11) is 0. The number of aliphatic carboxylic acids is 4. The van der Waals surface area contributed by atoms with Crippen LogP contribution in [0.5, 0.6) is 0 Å².